The molecule has 3 rings (SSSR count). The maximum atomic E-state index is 12.4. The van der Waals surface area contributed by atoms with Gasteiger partial charge in [-0.05, 0) is 16.7 Å². The van der Waals surface area contributed by atoms with E-state index >= 15 is 0 Å². The van der Waals surface area contributed by atoms with Gasteiger partial charge in [0.1, 0.15) is 5.41 Å². The summed E-state index contributed by atoms with van der Waals surface area (Å²) < 4.78 is 0. The van der Waals surface area contributed by atoms with Crippen LogP contribution < -0.4 is 0 Å². The topological polar surface area (TPSA) is 37.3 Å². The van der Waals surface area contributed by atoms with Crippen LogP contribution in [0.5, 0.6) is 0 Å². The summed E-state index contributed by atoms with van der Waals surface area (Å²) in [4.78, 5) is 12.4. The van der Waals surface area contributed by atoms with Gasteiger partial charge in [-0.15, -0.1) is 0 Å². The maximum absolute atomic E-state index is 12.4. The van der Waals surface area contributed by atoms with Crippen LogP contribution in [0, 0.1) is 0 Å². The molecule has 0 saturated carbocycles. The van der Waals surface area contributed by atoms with E-state index < -0.39 is 11.4 Å². The van der Waals surface area contributed by atoms with Crippen molar-refractivity contribution in [1.82, 2.24) is 0 Å². The molecule has 0 aliphatic heterocycles. The van der Waals surface area contributed by atoms with Gasteiger partial charge in [-0.25, -0.2) is 0 Å². The molecule has 119 valence electrons. The molecule has 2 nitrogen and oxygen atoms in total. The Morgan fingerprint density at radius 1 is 0.625 bits per heavy atom. The molecule has 0 amide bonds. The predicted octanol–water partition coefficient (Wildman–Crippen LogP) is 3.45. The van der Waals surface area contributed by atoms with Gasteiger partial charge in [0, 0.05) is 16.8 Å². The standard InChI is InChI=1S/C20H16O2.Co.Na.H/c21-19(22)20(16-10-4-1-5-11-16,17-12-6-2-7-13-17)18-14-8-3-9-15-18;;;/h1-15H,(H,21,22);;;. The summed E-state index contributed by atoms with van der Waals surface area (Å²) in [6.45, 7) is 0. The second kappa shape index (κ2) is 9.21. The molecule has 0 bridgehead atoms. The molecule has 1 radical (unpaired) electrons. The van der Waals surface area contributed by atoms with Crippen molar-refractivity contribution in [2.24, 2.45) is 0 Å². The van der Waals surface area contributed by atoms with Crippen molar-refractivity contribution < 1.29 is 26.7 Å². The summed E-state index contributed by atoms with van der Waals surface area (Å²) in [6, 6.07) is 28.1. The van der Waals surface area contributed by atoms with E-state index in [9.17, 15) is 9.90 Å². The summed E-state index contributed by atoms with van der Waals surface area (Å²) in [5.41, 5.74) is 1.05. The third-order valence-electron chi connectivity index (χ3n) is 3.94. The number of aliphatic carboxylic acids is 1. The molecule has 0 saturated heterocycles. The number of hydrogen-bond donors (Lipinski definition) is 1. The molecule has 0 atom stereocenters. The molecule has 0 unspecified atom stereocenters. The number of carboxylic acids is 1. The Bertz CT molecular complexity index is 665. The van der Waals surface area contributed by atoms with E-state index in [1.54, 1.807) is 0 Å². The van der Waals surface area contributed by atoms with Gasteiger partial charge in [-0.1, -0.05) is 91.0 Å². The van der Waals surface area contributed by atoms with Crippen molar-refractivity contribution in [3.05, 3.63) is 108 Å². The first-order valence-corrected chi connectivity index (χ1v) is 7.16. The van der Waals surface area contributed by atoms with Gasteiger partial charge in [-0.2, -0.15) is 0 Å². The Hall–Kier alpha value is -1.36. The average Bonchev–Trinajstić information content (AvgIpc) is 2.58. The summed E-state index contributed by atoms with van der Waals surface area (Å²) >= 11 is 0. The van der Waals surface area contributed by atoms with Gasteiger partial charge in [0.05, 0.1) is 0 Å². The molecule has 0 spiro atoms. The number of carbonyl (C=O) groups is 1. The van der Waals surface area contributed by atoms with Gasteiger partial charge in [0.2, 0.25) is 0 Å². The molecule has 0 heterocycles. The van der Waals surface area contributed by atoms with E-state index in [0.29, 0.717) is 0 Å². The summed E-state index contributed by atoms with van der Waals surface area (Å²) in [5, 5.41) is 10.2. The molecule has 0 aliphatic rings. The molecular formula is C20H17CoNaO2. The molecule has 0 fully saturated rings. The first kappa shape index (κ1) is 20.7. The van der Waals surface area contributed by atoms with Crippen LogP contribution in [0.25, 0.3) is 0 Å². The minimum absolute atomic E-state index is 0. The zero-order chi connectivity index (χ0) is 15.4. The fourth-order valence-corrected chi connectivity index (χ4v) is 2.93. The second-order valence-corrected chi connectivity index (χ2v) is 5.15. The van der Waals surface area contributed by atoms with Gasteiger partial charge >= 0.3 is 35.5 Å². The van der Waals surface area contributed by atoms with Gasteiger partial charge in [0.25, 0.3) is 0 Å². The number of benzene rings is 3. The molecule has 3 aromatic rings. The molecular weight excluding hydrogens is 354 g/mol. The Morgan fingerprint density at radius 2 is 0.875 bits per heavy atom. The molecule has 3 aromatic carbocycles. The van der Waals surface area contributed by atoms with Crippen molar-refractivity contribution in [2.75, 3.05) is 0 Å². The third kappa shape index (κ3) is 3.66. The van der Waals surface area contributed by atoms with Crippen LogP contribution in [0.3, 0.4) is 0 Å². The van der Waals surface area contributed by atoms with Crippen LogP contribution in [0.15, 0.2) is 91.0 Å². The van der Waals surface area contributed by atoms with Crippen molar-refractivity contribution in [3.8, 4) is 0 Å². The second-order valence-electron chi connectivity index (χ2n) is 5.15. The zero-order valence-corrected chi connectivity index (χ0v) is 13.4. The Balaban J connectivity index is 0.00000144. The number of hydrogen-bond acceptors (Lipinski definition) is 1. The fraction of sp³-hybridized carbons (Fsp3) is 0.0500. The van der Waals surface area contributed by atoms with Crippen LogP contribution in [0.1, 0.15) is 16.7 Å². The monoisotopic (exact) mass is 371 g/mol. The summed E-state index contributed by atoms with van der Waals surface area (Å²) in [6.07, 6.45) is 0. The Kier molecular flexibility index (Phi) is 7.93. The zero-order valence-electron chi connectivity index (χ0n) is 12.3. The normalized spacial score (nSPS) is 10.2. The van der Waals surface area contributed by atoms with Crippen LogP contribution >= 0.6 is 0 Å². The van der Waals surface area contributed by atoms with Gasteiger partial charge in [-0.3, -0.25) is 4.79 Å². The molecule has 24 heavy (non-hydrogen) atoms. The van der Waals surface area contributed by atoms with Crippen LogP contribution in [-0.2, 0) is 27.0 Å². The van der Waals surface area contributed by atoms with Gasteiger partial charge < -0.3 is 5.11 Å². The number of rotatable bonds is 4. The average molecular weight is 371 g/mol. The van der Waals surface area contributed by atoms with Crippen LogP contribution in [0.4, 0.5) is 0 Å². The molecule has 0 aliphatic carbocycles. The third-order valence-corrected chi connectivity index (χ3v) is 3.94. The SMILES string of the molecule is O=C(O)C(c1ccccc1)(c1ccccc1)c1ccccc1.[Co].[NaH]. The van der Waals surface area contributed by atoms with Crippen LogP contribution in [0.2, 0.25) is 0 Å². The Morgan fingerprint density at radius 3 is 1.08 bits per heavy atom. The number of carboxylic acid groups (broad SMARTS) is 1. The van der Waals surface area contributed by atoms with Gasteiger partial charge in [0.15, 0.2) is 0 Å². The minimum atomic E-state index is -1.20. The Labute approximate surface area is 174 Å². The molecule has 0 aromatic heterocycles. The van der Waals surface area contributed by atoms with E-state index in [-0.39, 0.29) is 46.3 Å². The van der Waals surface area contributed by atoms with E-state index in [2.05, 4.69) is 0 Å². The predicted molar refractivity (Wildman–Crippen MR) is 94.0 cm³/mol. The van der Waals surface area contributed by atoms with Crippen molar-refractivity contribution >= 4 is 35.5 Å². The molecule has 4 heteroatoms. The quantitative estimate of drug-likeness (QED) is 0.564. The van der Waals surface area contributed by atoms with Crippen molar-refractivity contribution in [3.63, 3.8) is 0 Å². The fourth-order valence-electron chi connectivity index (χ4n) is 2.93. The van der Waals surface area contributed by atoms with E-state index in [4.69, 9.17) is 0 Å². The summed E-state index contributed by atoms with van der Waals surface area (Å²) in [5.74, 6) is -0.879. The van der Waals surface area contributed by atoms with E-state index in [1.165, 1.54) is 0 Å². The van der Waals surface area contributed by atoms with E-state index in [0.717, 1.165) is 16.7 Å². The van der Waals surface area contributed by atoms with Crippen molar-refractivity contribution in [2.45, 2.75) is 5.41 Å². The first-order valence-electron chi connectivity index (χ1n) is 7.16. The van der Waals surface area contributed by atoms with E-state index in [1.807, 2.05) is 91.0 Å². The first-order chi connectivity index (χ1) is 10.8. The summed E-state index contributed by atoms with van der Waals surface area (Å²) in [7, 11) is 0. The van der Waals surface area contributed by atoms with Crippen molar-refractivity contribution in [1.29, 1.82) is 0 Å². The molecule has 1 N–H and O–H groups in total. The van der Waals surface area contributed by atoms with Crippen LogP contribution in [-0.4, -0.2) is 40.6 Å².